The van der Waals surface area contributed by atoms with Gasteiger partial charge in [0.2, 0.25) is 0 Å². The molecule has 0 aromatic heterocycles. The van der Waals surface area contributed by atoms with E-state index >= 15 is 0 Å². The van der Waals surface area contributed by atoms with Crippen molar-refractivity contribution in [2.45, 2.75) is 25.3 Å². The lowest BCUT2D eigenvalue weighted by Crippen LogP contribution is -2.47. The Morgan fingerprint density at radius 3 is 1.96 bits per heavy atom. The number of nitrogens with zero attached hydrogens (tertiary/aromatic N) is 2. The highest BCUT2D eigenvalue weighted by atomic mass is 16.5. The quantitative estimate of drug-likeness (QED) is 0.170. The molecule has 0 amide bonds. The number of carbonyl (C=O) groups excluding carboxylic acids is 2. The summed E-state index contributed by atoms with van der Waals surface area (Å²) < 4.78 is 22.2. The van der Waals surface area contributed by atoms with Crippen molar-refractivity contribution in [1.29, 1.82) is 0 Å². The van der Waals surface area contributed by atoms with E-state index in [1.165, 1.54) is 5.56 Å². The number of methoxy groups -OCH3 is 4. The zero-order chi connectivity index (χ0) is 33.1. The Kier molecular flexibility index (Phi) is 9.50. The van der Waals surface area contributed by atoms with Gasteiger partial charge in [0.05, 0.1) is 39.9 Å². The van der Waals surface area contributed by atoms with Crippen LogP contribution in [0.25, 0.3) is 0 Å². The highest BCUT2D eigenvalue weighted by molar-refractivity contribution is 6.29. The molecule has 6 rings (SSSR count). The van der Waals surface area contributed by atoms with Gasteiger partial charge in [-0.2, -0.15) is 0 Å². The normalized spacial score (nSPS) is 17.6. The highest BCUT2D eigenvalue weighted by Gasteiger charge is 2.46. The van der Waals surface area contributed by atoms with Crippen molar-refractivity contribution in [2.75, 3.05) is 59.5 Å². The molecule has 0 spiro atoms. The zero-order valence-electron chi connectivity index (χ0n) is 27.7. The first-order valence-corrected chi connectivity index (χ1v) is 16.1. The largest absolute Gasteiger partial charge is 0.493 e. The smallest absolute Gasteiger partial charge is 0.177 e. The molecule has 1 saturated heterocycles. The van der Waals surface area contributed by atoms with Crippen LogP contribution in [-0.2, 0) is 6.42 Å². The molecule has 0 saturated carbocycles. The van der Waals surface area contributed by atoms with Crippen LogP contribution in [0.1, 0.15) is 56.3 Å². The molecule has 4 aromatic rings. The second-order valence-corrected chi connectivity index (χ2v) is 12.1. The van der Waals surface area contributed by atoms with E-state index in [9.17, 15) is 9.59 Å². The van der Waals surface area contributed by atoms with E-state index < -0.39 is 11.8 Å². The predicted molar refractivity (Wildman–Crippen MR) is 183 cm³/mol. The van der Waals surface area contributed by atoms with Gasteiger partial charge in [0, 0.05) is 49.4 Å². The van der Waals surface area contributed by atoms with Crippen molar-refractivity contribution in [3.05, 3.63) is 113 Å². The Labute approximate surface area is 276 Å². The van der Waals surface area contributed by atoms with E-state index in [2.05, 4.69) is 41.0 Å². The number of ketones is 2. The monoisotopic (exact) mass is 634 g/mol. The summed E-state index contributed by atoms with van der Waals surface area (Å²) in [7, 11) is 6.36. The first kappa shape index (κ1) is 32.1. The molecule has 0 bridgehead atoms. The van der Waals surface area contributed by atoms with E-state index in [0.29, 0.717) is 46.6 Å². The van der Waals surface area contributed by atoms with Crippen molar-refractivity contribution >= 4 is 17.3 Å². The third-order valence-electron chi connectivity index (χ3n) is 9.75. The molecule has 1 fully saturated rings. The summed E-state index contributed by atoms with van der Waals surface area (Å²) in [5.41, 5.74) is 4.90. The standard InChI is InChI=1S/C39H42N2O6/c1-25(27-10-7-6-8-11-27)40-18-20-41(21-19-40)31-13-9-12-29-36(31)39(43)37(38(29)42)30(28-15-17-33(45-3)35(24-28)47-5)22-26-14-16-32(44-2)34(23-26)46-4/h6-17,23-25,30,37H,18-22H2,1-5H3/t25-,30?,37?/m1/s1. The molecule has 2 aliphatic rings. The average Bonchev–Trinajstić information content (AvgIpc) is 3.38. The van der Waals surface area contributed by atoms with Gasteiger partial charge in [-0.3, -0.25) is 14.5 Å². The van der Waals surface area contributed by atoms with Gasteiger partial charge < -0.3 is 23.8 Å². The van der Waals surface area contributed by atoms with E-state index in [4.69, 9.17) is 18.9 Å². The van der Waals surface area contributed by atoms with Gasteiger partial charge in [-0.25, -0.2) is 0 Å². The fourth-order valence-electron chi connectivity index (χ4n) is 7.14. The Balaban J connectivity index is 1.32. The molecule has 1 heterocycles. The highest BCUT2D eigenvalue weighted by Crippen LogP contribution is 2.44. The predicted octanol–water partition coefficient (Wildman–Crippen LogP) is 6.63. The summed E-state index contributed by atoms with van der Waals surface area (Å²) in [6, 6.07) is 27.9. The molecular formula is C39H42N2O6. The maximum atomic E-state index is 14.6. The third kappa shape index (κ3) is 6.17. The minimum atomic E-state index is -0.892. The number of carbonyl (C=O) groups is 2. The van der Waals surface area contributed by atoms with Crippen molar-refractivity contribution in [3.63, 3.8) is 0 Å². The van der Waals surface area contributed by atoms with Gasteiger partial charge in [0.25, 0.3) is 0 Å². The summed E-state index contributed by atoms with van der Waals surface area (Å²) in [5, 5.41) is 0. The molecular weight excluding hydrogens is 592 g/mol. The van der Waals surface area contributed by atoms with Gasteiger partial charge in [0.15, 0.2) is 34.6 Å². The molecule has 0 N–H and O–H groups in total. The topological polar surface area (TPSA) is 77.5 Å². The lowest BCUT2D eigenvalue weighted by atomic mass is 9.78. The summed E-state index contributed by atoms with van der Waals surface area (Å²) in [6.45, 7) is 5.50. The lowest BCUT2D eigenvalue weighted by molar-refractivity contribution is 0.0814. The number of benzene rings is 4. The average molecular weight is 635 g/mol. The fraction of sp³-hybridized carbons (Fsp3) is 0.333. The van der Waals surface area contributed by atoms with Gasteiger partial charge in [-0.15, -0.1) is 0 Å². The van der Waals surface area contributed by atoms with Gasteiger partial charge >= 0.3 is 0 Å². The van der Waals surface area contributed by atoms with Gasteiger partial charge in [0.1, 0.15) is 0 Å². The summed E-state index contributed by atoms with van der Waals surface area (Å²) in [5.74, 6) is 0.684. The maximum Gasteiger partial charge on any atom is 0.177 e. The number of piperazine rings is 1. The van der Waals surface area contributed by atoms with Crippen LogP contribution in [-0.4, -0.2) is 71.1 Å². The Morgan fingerprint density at radius 1 is 0.660 bits per heavy atom. The molecule has 3 atom stereocenters. The number of fused-ring (bicyclic) bond motifs is 1. The van der Waals surface area contributed by atoms with E-state index in [1.807, 2.05) is 54.6 Å². The van der Waals surface area contributed by atoms with Crippen LogP contribution in [0.2, 0.25) is 0 Å². The summed E-state index contributed by atoms with van der Waals surface area (Å²) in [6.07, 6.45) is 0.428. The number of hydrogen-bond donors (Lipinski definition) is 0. The Hall–Kier alpha value is -4.82. The van der Waals surface area contributed by atoms with Crippen LogP contribution in [0.3, 0.4) is 0 Å². The summed E-state index contributed by atoms with van der Waals surface area (Å²) >= 11 is 0. The van der Waals surface area contributed by atoms with Crippen LogP contribution >= 0.6 is 0 Å². The SMILES string of the molecule is COc1ccc(CC(c2ccc(OC)c(OC)c2)C2C(=O)c3cccc(N4CCN([C@H](C)c5ccccc5)CC4)c3C2=O)cc1OC. The molecule has 47 heavy (non-hydrogen) atoms. The molecule has 8 nitrogen and oxygen atoms in total. The molecule has 8 heteroatoms. The number of ether oxygens (including phenoxy) is 4. The summed E-state index contributed by atoms with van der Waals surface area (Å²) in [4.78, 5) is 33.6. The number of rotatable bonds is 11. The number of hydrogen-bond acceptors (Lipinski definition) is 8. The van der Waals surface area contributed by atoms with Crippen LogP contribution in [0.5, 0.6) is 23.0 Å². The van der Waals surface area contributed by atoms with Crippen LogP contribution in [0, 0.1) is 5.92 Å². The molecule has 0 radical (unpaired) electrons. The zero-order valence-corrected chi connectivity index (χ0v) is 27.7. The molecule has 4 aromatic carbocycles. The van der Waals surface area contributed by atoms with E-state index in [1.54, 1.807) is 34.5 Å². The minimum absolute atomic E-state index is 0.138. The van der Waals surface area contributed by atoms with Crippen LogP contribution in [0.15, 0.2) is 84.9 Å². The lowest BCUT2D eigenvalue weighted by Gasteiger charge is -2.39. The first-order valence-electron chi connectivity index (χ1n) is 16.1. The number of anilines is 1. The van der Waals surface area contributed by atoms with Gasteiger partial charge in [-0.1, -0.05) is 54.6 Å². The Morgan fingerprint density at radius 2 is 1.30 bits per heavy atom. The van der Waals surface area contributed by atoms with Crippen LogP contribution < -0.4 is 23.8 Å². The number of Topliss-reactive ketones (excluding diaryl/α,β-unsaturated/α-hetero) is 2. The van der Waals surface area contributed by atoms with Crippen molar-refractivity contribution in [3.8, 4) is 23.0 Å². The van der Waals surface area contributed by atoms with Crippen molar-refractivity contribution in [2.24, 2.45) is 5.92 Å². The first-order chi connectivity index (χ1) is 22.9. The maximum absolute atomic E-state index is 14.6. The van der Waals surface area contributed by atoms with E-state index in [0.717, 1.165) is 43.0 Å². The second kappa shape index (κ2) is 13.9. The second-order valence-electron chi connectivity index (χ2n) is 12.1. The van der Waals surface area contributed by atoms with Crippen molar-refractivity contribution in [1.82, 2.24) is 4.90 Å². The van der Waals surface area contributed by atoms with E-state index in [-0.39, 0.29) is 11.6 Å². The molecule has 1 aliphatic carbocycles. The molecule has 1 aliphatic heterocycles. The molecule has 244 valence electrons. The van der Waals surface area contributed by atoms with Gasteiger partial charge in [-0.05, 0) is 60.4 Å². The minimum Gasteiger partial charge on any atom is -0.493 e. The fourth-order valence-corrected chi connectivity index (χ4v) is 7.14. The van der Waals surface area contributed by atoms with Crippen molar-refractivity contribution < 1.29 is 28.5 Å². The third-order valence-corrected chi connectivity index (χ3v) is 9.75. The van der Waals surface area contributed by atoms with Crippen LogP contribution in [0.4, 0.5) is 5.69 Å². The Bertz CT molecular complexity index is 1750. The molecule has 2 unspecified atom stereocenters.